The van der Waals surface area contributed by atoms with Crippen molar-refractivity contribution in [3.63, 3.8) is 0 Å². The van der Waals surface area contributed by atoms with Crippen LogP contribution in [-0.2, 0) is 19.4 Å². The van der Waals surface area contributed by atoms with E-state index < -0.39 is 0 Å². The van der Waals surface area contributed by atoms with E-state index in [0.29, 0.717) is 21.8 Å². The summed E-state index contributed by atoms with van der Waals surface area (Å²) in [6, 6.07) is 1.98. The average molecular weight is 324 g/mol. The molecule has 0 amide bonds. The van der Waals surface area contributed by atoms with Crippen LogP contribution >= 0.6 is 15.9 Å². The number of nitrogens with zero attached hydrogens (tertiary/aromatic N) is 2. The summed E-state index contributed by atoms with van der Waals surface area (Å²) in [6.07, 6.45) is 4.23. The Morgan fingerprint density at radius 1 is 1.37 bits per heavy atom. The Bertz CT molecular complexity index is 625. The lowest BCUT2D eigenvalue weighted by Gasteiger charge is -2.19. The molecule has 6 heteroatoms. The monoisotopic (exact) mass is 323 g/mol. The van der Waals surface area contributed by atoms with Crippen molar-refractivity contribution in [2.75, 3.05) is 0 Å². The van der Waals surface area contributed by atoms with Crippen molar-refractivity contribution >= 4 is 15.9 Å². The summed E-state index contributed by atoms with van der Waals surface area (Å²) >= 11 is 3.39. The van der Waals surface area contributed by atoms with Gasteiger partial charge in [-0.25, -0.2) is 0 Å². The first kappa shape index (κ1) is 12.6. The van der Waals surface area contributed by atoms with Gasteiger partial charge in [0, 0.05) is 0 Å². The molecule has 19 heavy (non-hydrogen) atoms. The van der Waals surface area contributed by atoms with Crippen LogP contribution in [0.4, 0.5) is 0 Å². The zero-order valence-corrected chi connectivity index (χ0v) is 11.9. The van der Waals surface area contributed by atoms with Gasteiger partial charge < -0.3 is 15.4 Å². The molecule has 0 saturated carbocycles. The molecule has 0 spiro atoms. The topological polar surface area (TPSA) is 85.2 Å². The maximum atomic E-state index is 10.3. The highest BCUT2D eigenvalue weighted by Crippen LogP contribution is 2.41. The number of fused-ring (bicyclic) bond motifs is 1. The van der Waals surface area contributed by atoms with Crippen molar-refractivity contribution < 1.29 is 9.63 Å². The lowest BCUT2D eigenvalue weighted by molar-refractivity contribution is 0.380. The minimum absolute atomic E-state index is 0.171. The van der Waals surface area contributed by atoms with Gasteiger partial charge >= 0.3 is 0 Å². The maximum Gasteiger partial charge on any atom is 0.240 e. The molecule has 3 N–H and O–H groups in total. The van der Waals surface area contributed by atoms with Gasteiger partial charge in [0.15, 0.2) is 0 Å². The van der Waals surface area contributed by atoms with Crippen LogP contribution < -0.4 is 5.73 Å². The number of nitrogens with two attached hydrogens (primary N) is 1. The highest BCUT2D eigenvalue weighted by atomic mass is 79.9. The lowest BCUT2D eigenvalue weighted by Crippen LogP contribution is -2.06. The van der Waals surface area contributed by atoms with E-state index in [1.54, 1.807) is 0 Å². The molecule has 1 aromatic heterocycles. The van der Waals surface area contributed by atoms with Crippen LogP contribution in [0.5, 0.6) is 5.75 Å². The first-order chi connectivity index (χ1) is 9.20. The number of halogens is 1. The van der Waals surface area contributed by atoms with Crippen molar-refractivity contribution in [1.29, 1.82) is 0 Å². The Hall–Kier alpha value is -1.40. The number of phenolic OH excluding ortho intramolecular Hbond substituents is 1. The number of hydrogen-bond donors (Lipinski definition) is 2. The molecular formula is C13H14BrN3O2. The Balaban J connectivity index is 2.20. The SMILES string of the molecule is NCc1nc(-c2c(O)c(Br)cc3c2CCCC3)no1. The summed E-state index contributed by atoms with van der Waals surface area (Å²) in [5.74, 6) is 0.960. The van der Waals surface area contributed by atoms with E-state index in [9.17, 15) is 5.11 Å². The molecule has 0 radical (unpaired) electrons. The molecule has 0 aliphatic heterocycles. The lowest BCUT2D eigenvalue weighted by atomic mass is 9.87. The smallest absolute Gasteiger partial charge is 0.240 e. The first-order valence-corrected chi connectivity index (χ1v) is 7.06. The van der Waals surface area contributed by atoms with Gasteiger partial charge in [0.2, 0.25) is 11.7 Å². The van der Waals surface area contributed by atoms with Crippen LogP contribution in [0.15, 0.2) is 15.1 Å². The number of aromatic hydroxyl groups is 1. The second kappa shape index (κ2) is 4.94. The first-order valence-electron chi connectivity index (χ1n) is 6.27. The third-order valence-electron chi connectivity index (χ3n) is 3.44. The number of phenols is 1. The van der Waals surface area contributed by atoms with E-state index in [2.05, 4.69) is 26.1 Å². The molecule has 0 saturated heterocycles. The van der Waals surface area contributed by atoms with Crippen LogP contribution in [-0.4, -0.2) is 15.2 Å². The summed E-state index contributed by atoms with van der Waals surface area (Å²) in [7, 11) is 0. The van der Waals surface area contributed by atoms with Crippen molar-refractivity contribution in [3.8, 4) is 17.1 Å². The molecule has 1 heterocycles. The number of hydrogen-bond acceptors (Lipinski definition) is 5. The molecule has 5 nitrogen and oxygen atoms in total. The normalized spacial score (nSPS) is 14.4. The third kappa shape index (κ3) is 2.15. The van der Waals surface area contributed by atoms with Gasteiger partial charge in [0.05, 0.1) is 16.6 Å². The van der Waals surface area contributed by atoms with E-state index >= 15 is 0 Å². The molecule has 0 atom stereocenters. The maximum absolute atomic E-state index is 10.3. The van der Waals surface area contributed by atoms with E-state index in [0.717, 1.165) is 24.8 Å². The molecule has 2 aromatic rings. The van der Waals surface area contributed by atoms with Crippen molar-refractivity contribution in [2.24, 2.45) is 5.73 Å². The molecular weight excluding hydrogens is 310 g/mol. The van der Waals surface area contributed by atoms with Crippen LogP contribution in [0, 0.1) is 0 Å². The number of aromatic nitrogens is 2. The molecule has 100 valence electrons. The Kier molecular flexibility index (Phi) is 3.28. The molecule has 1 aliphatic rings. The number of rotatable bonds is 2. The number of benzene rings is 1. The second-order valence-electron chi connectivity index (χ2n) is 4.64. The fourth-order valence-corrected chi connectivity index (χ4v) is 3.01. The van der Waals surface area contributed by atoms with Gasteiger partial charge in [-0.05, 0) is 58.8 Å². The van der Waals surface area contributed by atoms with Crippen LogP contribution in [0.3, 0.4) is 0 Å². The summed E-state index contributed by atoms with van der Waals surface area (Å²) in [6.45, 7) is 0.198. The van der Waals surface area contributed by atoms with Gasteiger partial charge in [0.25, 0.3) is 0 Å². The van der Waals surface area contributed by atoms with Crippen LogP contribution in [0.2, 0.25) is 0 Å². The van der Waals surface area contributed by atoms with Crippen molar-refractivity contribution in [1.82, 2.24) is 10.1 Å². The van der Waals surface area contributed by atoms with Crippen molar-refractivity contribution in [2.45, 2.75) is 32.2 Å². The summed E-state index contributed by atoms with van der Waals surface area (Å²) in [5.41, 5.74) is 8.51. The average Bonchev–Trinajstić information content (AvgIpc) is 2.89. The molecule has 1 aromatic carbocycles. The van der Waals surface area contributed by atoms with E-state index in [4.69, 9.17) is 10.3 Å². The third-order valence-corrected chi connectivity index (χ3v) is 4.05. The molecule has 0 bridgehead atoms. The molecule has 0 unspecified atom stereocenters. The minimum atomic E-state index is 0.171. The fraction of sp³-hybridized carbons (Fsp3) is 0.385. The summed E-state index contributed by atoms with van der Waals surface area (Å²) in [4.78, 5) is 4.23. The van der Waals surface area contributed by atoms with E-state index in [1.165, 1.54) is 12.0 Å². The van der Waals surface area contributed by atoms with Crippen molar-refractivity contribution in [3.05, 3.63) is 27.6 Å². The summed E-state index contributed by atoms with van der Waals surface area (Å²) < 4.78 is 5.71. The fourth-order valence-electron chi connectivity index (χ4n) is 2.54. The standard InChI is InChI=1S/C13H14BrN3O2/c14-9-5-7-3-1-2-4-8(7)11(12(9)18)13-16-10(6-15)19-17-13/h5,18H,1-4,6,15H2. The van der Waals surface area contributed by atoms with Gasteiger partial charge in [0.1, 0.15) is 5.75 Å². The minimum Gasteiger partial charge on any atom is -0.506 e. The van der Waals surface area contributed by atoms with Crippen LogP contribution in [0.25, 0.3) is 11.4 Å². The van der Waals surface area contributed by atoms with E-state index in [-0.39, 0.29) is 12.3 Å². The van der Waals surface area contributed by atoms with Gasteiger partial charge in [-0.1, -0.05) is 5.16 Å². The Labute approximate surface area is 118 Å². The summed E-state index contributed by atoms with van der Waals surface area (Å²) in [5, 5.41) is 14.2. The zero-order chi connectivity index (χ0) is 13.4. The van der Waals surface area contributed by atoms with E-state index in [1.807, 2.05) is 6.07 Å². The molecule has 1 aliphatic carbocycles. The quantitative estimate of drug-likeness (QED) is 0.887. The highest BCUT2D eigenvalue weighted by molar-refractivity contribution is 9.10. The number of aryl methyl sites for hydroxylation is 1. The zero-order valence-electron chi connectivity index (χ0n) is 10.3. The second-order valence-corrected chi connectivity index (χ2v) is 5.50. The predicted octanol–water partition coefficient (Wildman–Crippen LogP) is 2.54. The van der Waals surface area contributed by atoms with Gasteiger partial charge in [-0.15, -0.1) is 0 Å². The van der Waals surface area contributed by atoms with Crippen LogP contribution in [0.1, 0.15) is 29.9 Å². The molecule has 3 rings (SSSR count). The van der Waals surface area contributed by atoms with Gasteiger partial charge in [-0.2, -0.15) is 4.98 Å². The highest BCUT2D eigenvalue weighted by Gasteiger charge is 2.23. The predicted molar refractivity (Wildman–Crippen MR) is 73.6 cm³/mol. The Morgan fingerprint density at radius 2 is 2.16 bits per heavy atom. The Morgan fingerprint density at radius 3 is 2.89 bits per heavy atom. The largest absolute Gasteiger partial charge is 0.506 e. The van der Waals surface area contributed by atoms with Gasteiger partial charge in [-0.3, -0.25) is 0 Å². The molecule has 0 fully saturated rings.